The average molecular weight is 592 g/mol. The number of halogens is 1. The molecule has 1 amide bonds. The molecule has 4 aromatic heterocycles. The number of hydrogen-bond donors (Lipinski definition) is 2. The molecule has 0 unspecified atom stereocenters. The molecule has 2 N–H and O–H groups in total. The number of hydrogen-bond acceptors (Lipinski definition) is 5. The first-order valence-corrected chi connectivity index (χ1v) is 14.3. The average Bonchev–Trinajstić information content (AvgIpc) is 3.74. The molecule has 0 aliphatic carbocycles. The van der Waals surface area contributed by atoms with Crippen LogP contribution in [0.2, 0.25) is 0 Å². The number of amides is 1. The maximum absolute atomic E-state index is 14.5. The zero-order valence-electron chi connectivity index (χ0n) is 24.7. The molecule has 7 rings (SSSR count). The van der Waals surface area contributed by atoms with Crippen molar-refractivity contribution in [2.75, 3.05) is 13.7 Å². The number of aryl methyl sites for hydroxylation is 2. The van der Waals surface area contributed by atoms with E-state index in [0.717, 1.165) is 38.9 Å². The zero-order chi connectivity index (χ0) is 30.7. The van der Waals surface area contributed by atoms with Crippen molar-refractivity contribution in [1.82, 2.24) is 34.2 Å². The zero-order valence-corrected chi connectivity index (χ0v) is 24.7. The van der Waals surface area contributed by atoms with E-state index in [1.807, 2.05) is 37.3 Å². The molecule has 0 spiro atoms. The number of rotatable bonds is 5. The van der Waals surface area contributed by atoms with Crippen LogP contribution in [0.5, 0.6) is 5.88 Å². The molecule has 0 fully saturated rings. The maximum atomic E-state index is 14.5. The number of fused-ring (bicyclic) bond motifs is 2. The van der Waals surface area contributed by atoms with Crippen LogP contribution in [0.25, 0.3) is 33.5 Å². The number of aromatic amines is 2. The Labute approximate surface area is 251 Å². The van der Waals surface area contributed by atoms with Crippen molar-refractivity contribution in [1.29, 1.82) is 0 Å². The predicted molar refractivity (Wildman–Crippen MR) is 164 cm³/mol. The number of ether oxygens (including phenoxy) is 1. The molecule has 1 aliphatic heterocycles. The second-order valence-electron chi connectivity index (χ2n) is 11.1. The molecule has 2 aromatic carbocycles. The van der Waals surface area contributed by atoms with Crippen LogP contribution in [0.3, 0.4) is 0 Å². The van der Waals surface area contributed by atoms with E-state index >= 15 is 0 Å². The van der Waals surface area contributed by atoms with Crippen molar-refractivity contribution in [3.63, 3.8) is 0 Å². The summed E-state index contributed by atoms with van der Waals surface area (Å²) in [5.74, 6) is 0.678. The van der Waals surface area contributed by atoms with Gasteiger partial charge in [0.2, 0.25) is 5.88 Å². The van der Waals surface area contributed by atoms with E-state index in [-0.39, 0.29) is 24.0 Å². The first-order valence-electron chi connectivity index (χ1n) is 14.3. The Morgan fingerprint density at radius 1 is 1.07 bits per heavy atom. The number of nitrogens with zero attached hydrogens (tertiary/aromatic N) is 5. The van der Waals surface area contributed by atoms with Crippen molar-refractivity contribution < 1.29 is 13.9 Å². The highest BCUT2D eigenvalue weighted by Crippen LogP contribution is 2.32. The number of aromatic nitrogens is 6. The molecule has 6 aromatic rings. The Kier molecular flexibility index (Phi) is 6.45. The first kappa shape index (κ1) is 27.4. The van der Waals surface area contributed by atoms with Crippen molar-refractivity contribution in [3.05, 3.63) is 111 Å². The van der Waals surface area contributed by atoms with Crippen LogP contribution in [0.1, 0.15) is 38.4 Å². The molecule has 0 bridgehead atoms. The number of benzene rings is 2. The van der Waals surface area contributed by atoms with Crippen LogP contribution < -0.4 is 10.4 Å². The van der Waals surface area contributed by atoms with Crippen molar-refractivity contribution >= 4 is 16.8 Å². The quantitative estimate of drug-likeness (QED) is 0.287. The normalized spacial score (nSPS) is 13.0. The Hall–Kier alpha value is -5.45. The highest BCUT2D eigenvalue weighted by molar-refractivity contribution is 5.99. The molecule has 0 saturated carbocycles. The number of carbonyl (C=O) groups is 1. The highest BCUT2D eigenvalue weighted by Gasteiger charge is 2.30. The maximum Gasteiger partial charge on any atom is 0.331 e. The van der Waals surface area contributed by atoms with E-state index in [1.165, 1.54) is 4.57 Å². The van der Waals surface area contributed by atoms with Crippen LogP contribution in [-0.2, 0) is 13.0 Å². The molecule has 0 radical (unpaired) electrons. The summed E-state index contributed by atoms with van der Waals surface area (Å²) >= 11 is 0. The summed E-state index contributed by atoms with van der Waals surface area (Å²) in [6.07, 6.45) is 5.42. The standard InChI is InChI=1S/C33H30FN7O3/c1-18-13-23(14-19(2)29(18)34)41-31(40-12-10-36-33(40)43)25-17-39(11-8-27(25)38-41)32(42)28-16-22-15-21(5-6-26(22)37-28)24-7-9-35-30(44-4)20(24)3/h5-7,9-10,12-16,37H,8,11,17H2,1-4H3,(H,36,43). The van der Waals surface area contributed by atoms with Gasteiger partial charge in [0.05, 0.1) is 25.0 Å². The summed E-state index contributed by atoms with van der Waals surface area (Å²) in [5.41, 5.74) is 7.11. The topological polar surface area (TPSA) is 114 Å². The van der Waals surface area contributed by atoms with Crippen LogP contribution in [0.15, 0.2) is 65.8 Å². The van der Waals surface area contributed by atoms with Crippen LogP contribution in [0.4, 0.5) is 4.39 Å². The van der Waals surface area contributed by atoms with Gasteiger partial charge in [-0.2, -0.15) is 5.10 Å². The van der Waals surface area contributed by atoms with Gasteiger partial charge in [0.15, 0.2) is 0 Å². The molecular weight excluding hydrogens is 561 g/mol. The number of H-pyrrole nitrogens is 2. The lowest BCUT2D eigenvalue weighted by Gasteiger charge is -2.26. The molecular formula is C33H30FN7O3. The largest absolute Gasteiger partial charge is 0.481 e. The van der Waals surface area contributed by atoms with E-state index < -0.39 is 0 Å². The number of imidazole rings is 1. The lowest BCUT2D eigenvalue weighted by Crippen LogP contribution is -2.36. The minimum atomic E-state index is -0.332. The van der Waals surface area contributed by atoms with E-state index in [1.54, 1.807) is 61.3 Å². The molecule has 0 atom stereocenters. The SMILES string of the molecule is COc1nccc(-c2ccc3[nH]c(C(=O)N4CCc5nn(-c6cc(C)c(F)c(C)c6)c(-n6cc[nH]c6=O)c5C4)cc3c2)c1C. The third-order valence-corrected chi connectivity index (χ3v) is 8.35. The van der Waals surface area contributed by atoms with Gasteiger partial charge < -0.3 is 19.6 Å². The third kappa shape index (κ3) is 4.39. The fraction of sp³-hybridized carbons (Fsp3) is 0.212. The summed E-state index contributed by atoms with van der Waals surface area (Å²) in [7, 11) is 1.60. The number of pyridine rings is 1. The minimum Gasteiger partial charge on any atom is -0.481 e. The fourth-order valence-electron chi connectivity index (χ4n) is 6.11. The number of nitrogens with one attached hydrogen (secondary N) is 2. The van der Waals surface area contributed by atoms with Gasteiger partial charge in [-0.1, -0.05) is 6.07 Å². The molecule has 222 valence electrons. The smallest absolute Gasteiger partial charge is 0.331 e. The molecule has 5 heterocycles. The van der Waals surface area contributed by atoms with Gasteiger partial charge in [-0.05, 0) is 79.4 Å². The Bertz CT molecular complexity index is 2130. The van der Waals surface area contributed by atoms with E-state index in [4.69, 9.17) is 9.84 Å². The van der Waals surface area contributed by atoms with Gasteiger partial charge in [-0.3, -0.25) is 9.36 Å². The Morgan fingerprint density at radius 3 is 2.59 bits per heavy atom. The van der Waals surface area contributed by atoms with Crippen molar-refractivity contribution in [3.8, 4) is 28.5 Å². The highest BCUT2D eigenvalue weighted by atomic mass is 19.1. The molecule has 10 nitrogen and oxygen atoms in total. The first-order chi connectivity index (χ1) is 21.2. The van der Waals surface area contributed by atoms with Gasteiger partial charge in [-0.15, -0.1) is 0 Å². The number of methoxy groups -OCH3 is 1. The van der Waals surface area contributed by atoms with E-state index in [0.29, 0.717) is 47.2 Å². The van der Waals surface area contributed by atoms with Crippen molar-refractivity contribution in [2.24, 2.45) is 0 Å². The lowest BCUT2D eigenvalue weighted by atomic mass is 10.0. The summed E-state index contributed by atoms with van der Waals surface area (Å²) in [6, 6.07) is 13.3. The number of carbonyl (C=O) groups excluding carboxylic acids is 1. The molecule has 0 saturated heterocycles. The Balaban J connectivity index is 1.25. The summed E-state index contributed by atoms with van der Waals surface area (Å²) in [4.78, 5) is 38.7. The van der Waals surface area contributed by atoms with Crippen molar-refractivity contribution in [2.45, 2.75) is 33.7 Å². The molecule has 44 heavy (non-hydrogen) atoms. The monoisotopic (exact) mass is 591 g/mol. The second kappa shape index (κ2) is 10.4. The van der Waals surface area contributed by atoms with Gasteiger partial charge in [0, 0.05) is 53.6 Å². The van der Waals surface area contributed by atoms with Gasteiger partial charge in [0.25, 0.3) is 5.91 Å². The summed E-state index contributed by atoms with van der Waals surface area (Å²) < 4.78 is 23.0. The van der Waals surface area contributed by atoms with Gasteiger partial charge in [-0.25, -0.2) is 18.9 Å². The van der Waals surface area contributed by atoms with E-state index in [2.05, 4.69) is 15.0 Å². The predicted octanol–water partition coefficient (Wildman–Crippen LogP) is 5.17. The molecule has 1 aliphatic rings. The molecule has 11 heteroatoms. The lowest BCUT2D eigenvalue weighted by molar-refractivity contribution is 0.0729. The van der Waals surface area contributed by atoms with E-state index in [9.17, 15) is 14.0 Å². The third-order valence-electron chi connectivity index (χ3n) is 8.35. The van der Waals surface area contributed by atoms with Gasteiger partial charge in [0.1, 0.15) is 17.3 Å². The summed E-state index contributed by atoms with van der Waals surface area (Å²) in [5, 5.41) is 5.76. The van der Waals surface area contributed by atoms with Crippen LogP contribution >= 0.6 is 0 Å². The summed E-state index contributed by atoms with van der Waals surface area (Å²) in [6.45, 7) is 6.10. The minimum absolute atomic E-state index is 0.149. The second-order valence-corrected chi connectivity index (χ2v) is 11.1. The van der Waals surface area contributed by atoms with Gasteiger partial charge >= 0.3 is 5.69 Å². The van der Waals surface area contributed by atoms with Crippen LogP contribution in [-0.4, -0.2) is 53.8 Å². The fourth-order valence-corrected chi connectivity index (χ4v) is 6.11. The Morgan fingerprint density at radius 2 is 1.86 bits per heavy atom. The van der Waals surface area contributed by atoms with Crippen LogP contribution in [0, 0.1) is 26.6 Å².